The Balaban J connectivity index is 1.74. The van der Waals surface area contributed by atoms with Gasteiger partial charge in [-0.2, -0.15) is 5.26 Å². The number of nitrogens with one attached hydrogen (secondary N) is 1. The Hall–Kier alpha value is -3.60. The number of aromatic amines is 1. The van der Waals surface area contributed by atoms with E-state index in [1.54, 1.807) is 24.3 Å². The van der Waals surface area contributed by atoms with E-state index in [0.29, 0.717) is 21.7 Å². The van der Waals surface area contributed by atoms with E-state index in [4.69, 9.17) is 26.3 Å². The van der Waals surface area contributed by atoms with Crippen molar-refractivity contribution in [1.82, 2.24) is 9.97 Å². The van der Waals surface area contributed by atoms with E-state index in [1.165, 1.54) is 18.4 Å². The summed E-state index contributed by atoms with van der Waals surface area (Å²) in [5.74, 6) is 1.21. The highest BCUT2D eigenvalue weighted by atomic mass is 35.5. The van der Waals surface area contributed by atoms with Crippen molar-refractivity contribution in [2.24, 2.45) is 0 Å². The Bertz CT molecular complexity index is 1420. The van der Waals surface area contributed by atoms with E-state index in [9.17, 15) is 4.79 Å². The molecule has 0 saturated heterocycles. The lowest BCUT2D eigenvalue weighted by Gasteiger charge is -2.09. The summed E-state index contributed by atoms with van der Waals surface area (Å²) in [6.45, 7) is 1.90. The third-order valence-corrected chi connectivity index (χ3v) is 6.09. The Morgan fingerprint density at radius 3 is 2.75 bits per heavy atom. The molecule has 0 amide bonds. The van der Waals surface area contributed by atoms with Gasteiger partial charge in [0, 0.05) is 10.4 Å². The number of aromatic nitrogens is 2. The van der Waals surface area contributed by atoms with Crippen LogP contribution in [0.15, 0.2) is 53.3 Å². The molecular weight excluding hydrogens is 446 g/mol. The van der Waals surface area contributed by atoms with Crippen LogP contribution >= 0.6 is 22.9 Å². The van der Waals surface area contributed by atoms with Crippen LogP contribution < -0.4 is 15.0 Å². The minimum absolute atomic E-state index is 0.0807. The van der Waals surface area contributed by atoms with Gasteiger partial charge in [-0.25, -0.2) is 4.98 Å². The zero-order chi connectivity index (χ0) is 22.7. The summed E-state index contributed by atoms with van der Waals surface area (Å²) >= 11 is 7.98. The molecule has 4 rings (SSSR count). The van der Waals surface area contributed by atoms with Crippen molar-refractivity contribution in [1.29, 1.82) is 5.26 Å². The molecule has 2 heterocycles. The number of thiophene rings is 1. The maximum absolute atomic E-state index is 13.0. The van der Waals surface area contributed by atoms with Crippen LogP contribution in [-0.2, 0) is 0 Å². The molecular formula is C24H18ClN3O3S. The fourth-order valence-electron chi connectivity index (χ4n) is 3.40. The van der Waals surface area contributed by atoms with Crippen molar-refractivity contribution in [3.63, 3.8) is 0 Å². The van der Waals surface area contributed by atoms with Gasteiger partial charge >= 0.3 is 0 Å². The fraction of sp³-hybridized carbons (Fsp3) is 0.125. The van der Waals surface area contributed by atoms with E-state index in [1.807, 2.05) is 43.3 Å². The van der Waals surface area contributed by atoms with E-state index < -0.39 is 0 Å². The predicted octanol–water partition coefficient (Wildman–Crippen LogP) is 5.61. The van der Waals surface area contributed by atoms with Gasteiger partial charge in [-0.1, -0.05) is 48.0 Å². The first-order chi connectivity index (χ1) is 15.5. The van der Waals surface area contributed by atoms with Gasteiger partial charge in [0.05, 0.1) is 17.5 Å². The molecule has 6 nitrogen and oxygen atoms in total. The van der Waals surface area contributed by atoms with Gasteiger partial charge in [-0.3, -0.25) is 4.79 Å². The second kappa shape index (κ2) is 9.27. The summed E-state index contributed by atoms with van der Waals surface area (Å²) < 4.78 is 10.7. The third kappa shape index (κ3) is 4.24. The van der Waals surface area contributed by atoms with Crippen molar-refractivity contribution in [3.8, 4) is 28.7 Å². The number of hydrogen-bond donors (Lipinski definition) is 1. The molecule has 32 heavy (non-hydrogen) atoms. The number of methoxy groups -OCH3 is 1. The second-order valence-electron chi connectivity index (χ2n) is 6.84. The Labute approximate surface area is 193 Å². The molecule has 8 heteroatoms. The molecule has 1 N–H and O–H groups in total. The number of halogens is 1. The lowest BCUT2D eigenvalue weighted by atomic mass is 10.0. The molecule has 0 bridgehead atoms. The number of aryl methyl sites for hydroxylation is 1. The van der Waals surface area contributed by atoms with Crippen molar-refractivity contribution in [2.75, 3.05) is 13.7 Å². The van der Waals surface area contributed by atoms with E-state index >= 15 is 0 Å². The molecule has 4 aromatic rings. The van der Waals surface area contributed by atoms with E-state index in [-0.39, 0.29) is 23.0 Å². The van der Waals surface area contributed by atoms with Crippen molar-refractivity contribution >= 4 is 44.3 Å². The molecule has 0 aliphatic carbocycles. The zero-order valence-corrected chi connectivity index (χ0v) is 18.9. The summed E-state index contributed by atoms with van der Waals surface area (Å²) in [4.78, 5) is 22.0. The van der Waals surface area contributed by atoms with E-state index in [0.717, 1.165) is 21.6 Å². The van der Waals surface area contributed by atoms with Gasteiger partial charge < -0.3 is 14.5 Å². The van der Waals surface area contributed by atoms with Gasteiger partial charge in [-0.15, -0.1) is 11.3 Å². The minimum atomic E-state index is -0.238. The summed E-state index contributed by atoms with van der Waals surface area (Å²) in [7, 11) is 1.51. The van der Waals surface area contributed by atoms with Crippen LogP contribution in [0.25, 0.3) is 32.5 Å². The number of rotatable bonds is 6. The Morgan fingerprint density at radius 2 is 2.03 bits per heavy atom. The SMILES string of the molecule is COc1cc(/C=C(\Cl)c2nc3sc(C)c(-c4ccccc4)c3c(=O)[nH]2)ccc1OCC#N. The van der Waals surface area contributed by atoms with Gasteiger partial charge in [0.2, 0.25) is 0 Å². The highest BCUT2D eigenvalue weighted by molar-refractivity contribution is 7.19. The normalized spacial score (nSPS) is 11.4. The molecule has 160 valence electrons. The number of H-pyrrole nitrogens is 1. The van der Waals surface area contributed by atoms with Crippen molar-refractivity contribution < 1.29 is 9.47 Å². The third-order valence-electron chi connectivity index (χ3n) is 4.80. The number of fused-ring (bicyclic) bond motifs is 1. The highest BCUT2D eigenvalue weighted by Crippen LogP contribution is 2.36. The molecule has 0 atom stereocenters. The van der Waals surface area contributed by atoms with Gasteiger partial charge in [0.15, 0.2) is 23.9 Å². The summed E-state index contributed by atoms with van der Waals surface area (Å²) in [5, 5.41) is 9.54. The summed E-state index contributed by atoms with van der Waals surface area (Å²) in [5.41, 5.74) is 2.36. The monoisotopic (exact) mass is 463 g/mol. The van der Waals surface area contributed by atoms with Gasteiger partial charge in [-0.05, 0) is 36.3 Å². The Kier molecular flexibility index (Phi) is 6.26. The molecule has 0 saturated carbocycles. The van der Waals surface area contributed by atoms with Gasteiger partial charge in [0.25, 0.3) is 5.56 Å². The molecule has 0 aliphatic rings. The number of nitrogens with zero attached hydrogens (tertiary/aromatic N) is 2. The average Bonchev–Trinajstić information content (AvgIpc) is 3.14. The summed E-state index contributed by atoms with van der Waals surface area (Å²) in [6.07, 6.45) is 1.68. The molecule has 2 aromatic carbocycles. The molecule has 0 radical (unpaired) electrons. The topological polar surface area (TPSA) is 88.0 Å². The molecule has 0 unspecified atom stereocenters. The first-order valence-electron chi connectivity index (χ1n) is 9.66. The number of benzene rings is 2. The predicted molar refractivity (Wildman–Crippen MR) is 128 cm³/mol. The minimum Gasteiger partial charge on any atom is -0.493 e. The molecule has 0 spiro atoms. The standard InChI is InChI=1S/C24H18ClN3O3S/c1-14-20(16-6-4-3-5-7-16)21-23(29)27-22(28-24(21)32-14)17(25)12-15-8-9-18(31-11-10-26)19(13-15)30-2/h3-9,12-13H,11H2,1-2H3,(H,27,28,29)/b17-12-. The average molecular weight is 464 g/mol. The zero-order valence-electron chi connectivity index (χ0n) is 17.3. The van der Waals surface area contributed by atoms with Crippen molar-refractivity contribution in [3.05, 3.63) is 75.1 Å². The maximum Gasteiger partial charge on any atom is 0.260 e. The van der Waals surface area contributed by atoms with Crippen LogP contribution in [-0.4, -0.2) is 23.7 Å². The molecule has 0 aliphatic heterocycles. The van der Waals surface area contributed by atoms with Crippen molar-refractivity contribution in [2.45, 2.75) is 6.92 Å². The fourth-order valence-corrected chi connectivity index (χ4v) is 4.66. The number of nitriles is 1. The second-order valence-corrected chi connectivity index (χ2v) is 8.45. The first-order valence-corrected chi connectivity index (χ1v) is 10.9. The van der Waals surface area contributed by atoms with Crippen LogP contribution in [0.5, 0.6) is 11.5 Å². The van der Waals surface area contributed by atoms with Crippen LogP contribution in [0.1, 0.15) is 16.3 Å². The number of ether oxygens (including phenoxy) is 2. The Morgan fingerprint density at radius 1 is 1.25 bits per heavy atom. The smallest absolute Gasteiger partial charge is 0.260 e. The highest BCUT2D eigenvalue weighted by Gasteiger charge is 2.17. The largest absolute Gasteiger partial charge is 0.493 e. The lowest BCUT2D eigenvalue weighted by Crippen LogP contribution is -2.10. The van der Waals surface area contributed by atoms with E-state index in [2.05, 4.69) is 9.97 Å². The summed E-state index contributed by atoms with van der Waals surface area (Å²) in [6, 6.07) is 16.9. The van der Waals surface area contributed by atoms with Crippen LogP contribution in [0, 0.1) is 18.3 Å². The van der Waals surface area contributed by atoms with Crippen LogP contribution in [0.4, 0.5) is 0 Å². The maximum atomic E-state index is 13.0. The number of hydrogen-bond acceptors (Lipinski definition) is 6. The quantitative estimate of drug-likeness (QED) is 0.401. The lowest BCUT2D eigenvalue weighted by molar-refractivity contribution is 0.329. The van der Waals surface area contributed by atoms with Crippen LogP contribution in [0.3, 0.4) is 0 Å². The molecule has 0 fully saturated rings. The first kappa shape index (κ1) is 21.6. The van der Waals surface area contributed by atoms with Crippen LogP contribution in [0.2, 0.25) is 0 Å². The van der Waals surface area contributed by atoms with Gasteiger partial charge in [0.1, 0.15) is 10.9 Å². The molecule has 2 aromatic heterocycles.